The number of carboxylic acids is 1. The van der Waals surface area contributed by atoms with Crippen molar-refractivity contribution in [1.29, 1.82) is 0 Å². The zero-order chi connectivity index (χ0) is 15.6. The van der Waals surface area contributed by atoms with Gasteiger partial charge in [-0.15, -0.1) is 11.8 Å². The average molecular weight is 348 g/mol. The van der Waals surface area contributed by atoms with E-state index in [1.165, 1.54) is 34.6 Å². The van der Waals surface area contributed by atoms with Gasteiger partial charge in [-0.3, -0.25) is 4.79 Å². The number of aliphatic carboxylic acids is 1. The van der Waals surface area contributed by atoms with Crippen LogP contribution >= 0.6 is 35.1 Å². The lowest BCUT2D eigenvalue weighted by Crippen LogP contribution is -2.45. The van der Waals surface area contributed by atoms with Crippen LogP contribution in [0.25, 0.3) is 0 Å². The van der Waals surface area contributed by atoms with Crippen LogP contribution in [0.1, 0.15) is 23.8 Å². The minimum absolute atomic E-state index is 0.0585. The minimum atomic E-state index is -1.01. The Labute approximate surface area is 135 Å². The summed E-state index contributed by atoms with van der Waals surface area (Å²) in [6, 6.07) is -0.851. The third-order valence-corrected chi connectivity index (χ3v) is 5.36. The van der Waals surface area contributed by atoms with Crippen molar-refractivity contribution < 1.29 is 14.7 Å². The third-order valence-electron chi connectivity index (χ3n) is 3.07. The molecule has 2 heterocycles. The summed E-state index contributed by atoms with van der Waals surface area (Å²) < 4.78 is 0. The summed E-state index contributed by atoms with van der Waals surface area (Å²) in [5.74, 6) is -1.10. The second-order valence-electron chi connectivity index (χ2n) is 4.32. The van der Waals surface area contributed by atoms with Crippen molar-refractivity contribution >= 4 is 47.0 Å². The van der Waals surface area contributed by atoms with Gasteiger partial charge in [-0.05, 0) is 12.7 Å². The van der Waals surface area contributed by atoms with Gasteiger partial charge in [0.1, 0.15) is 6.04 Å². The highest BCUT2D eigenvalue weighted by molar-refractivity contribution is 8.00. The fourth-order valence-corrected chi connectivity index (χ4v) is 3.92. The van der Waals surface area contributed by atoms with Crippen LogP contribution in [0.5, 0.6) is 0 Å². The molecule has 114 valence electrons. The van der Waals surface area contributed by atoms with E-state index >= 15 is 0 Å². The molecule has 1 aromatic rings. The number of rotatable bonds is 4. The van der Waals surface area contributed by atoms with Crippen molar-refractivity contribution in [1.82, 2.24) is 14.9 Å². The van der Waals surface area contributed by atoms with E-state index in [4.69, 9.17) is 11.6 Å². The Bertz CT molecular complexity index is 573. The lowest BCUT2D eigenvalue weighted by Gasteiger charge is -2.26. The lowest BCUT2D eigenvalue weighted by molar-refractivity contribution is -0.141. The summed E-state index contributed by atoms with van der Waals surface area (Å²) in [7, 11) is 0. The Balaban J connectivity index is 2.38. The monoisotopic (exact) mass is 347 g/mol. The number of halogens is 1. The number of aromatic nitrogens is 2. The summed E-state index contributed by atoms with van der Waals surface area (Å²) >= 11 is 8.76. The molecule has 1 aromatic heterocycles. The summed E-state index contributed by atoms with van der Waals surface area (Å²) in [6.45, 7) is 1.91. The largest absolute Gasteiger partial charge is 0.480 e. The van der Waals surface area contributed by atoms with Crippen molar-refractivity contribution in [3.63, 3.8) is 0 Å². The molecule has 1 aliphatic rings. The van der Waals surface area contributed by atoms with E-state index in [1.54, 1.807) is 6.26 Å². The number of nitrogens with zero attached hydrogens (tertiary/aromatic N) is 3. The Morgan fingerprint density at radius 1 is 1.62 bits per heavy atom. The van der Waals surface area contributed by atoms with Crippen molar-refractivity contribution in [2.45, 2.75) is 29.9 Å². The molecule has 2 unspecified atom stereocenters. The first kappa shape index (κ1) is 16.4. The number of carbonyl (C=O) groups is 2. The molecule has 1 saturated heterocycles. The molecule has 0 bridgehead atoms. The Kier molecular flexibility index (Phi) is 5.34. The van der Waals surface area contributed by atoms with Gasteiger partial charge in [-0.1, -0.05) is 30.3 Å². The summed E-state index contributed by atoms with van der Waals surface area (Å²) in [5, 5.41) is 9.67. The molecule has 21 heavy (non-hydrogen) atoms. The van der Waals surface area contributed by atoms with Gasteiger partial charge >= 0.3 is 5.97 Å². The first-order valence-corrected chi connectivity index (χ1v) is 8.88. The fraction of sp³-hybridized carbons (Fsp3) is 0.500. The van der Waals surface area contributed by atoms with Crippen LogP contribution in [0.3, 0.4) is 0 Å². The van der Waals surface area contributed by atoms with Gasteiger partial charge in [-0.25, -0.2) is 14.8 Å². The molecule has 1 amide bonds. The second kappa shape index (κ2) is 6.85. The molecule has 1 fully saturated rings. The molecule has 9 heteroatoms. The average Bonchev–Trinajstić information content (AvgIpc) is 2.91. The predicted octanol–water partition coefficient (Wildman–Crippen LogP) is 2.23. The van der Waals surface area contributed by atoms with E-state index in [0.717, 1.165) is 0 Å². The van der Waals surface area contributed by atoms with Crippen LogP contribution in [0.2, 0.25) is 5.02 Å². The fourth-order valence-electron chi connectivity index (χ4n) is 2.06. The Morgan fingerprint density at radius 3 is 2.90 bits per heavy atom. The van der Waals surface area contributed by atoms with Gasteiger partial charge in [-0.2, -0.15) is 0 Å². The van der Waals surface area contributed by atoms with Crippen LogP contribution in [-0.4, -0.2) is 55.3 Å². The third kappa shape index (κ3) is 3.27. The molecule has 2 atom stereocenters. The predicted molar refractivity (Wildman–Crippen MR) is 83.0 cm³/mol. The van der Waals surface area contributed by atoms with Gasteiger partial charge < -0.3 is 10.0 Å². The molecule has 0 aliphatic carbocycles. The molecular formula is C12H14ClN3O3S2. The molecule has 2 rings (SSSR count). The lowest BCUT2D eigenvalue weighted by atomic mass is 10.2. The van der Waals surface area contributed by atoms with Gasteiger partial charge in [0.05, 0.1) is 16.6 Å². The molecule has 0 radical (unpaired) electrons. The molecule has 0 saturated carbocycles. The quantitative estimate of drug-likeness (QED) is 0.660. The summed E-state index contributed by atoms with van der Waals surface area (Å²) in [6.07, 6.45) is 3.82. The zero-order valence-corrected chi connectivity index (χ0v) is 13.8. The Hall–Kier alpha value is -0.990. The number of carboxylic acid groups (broad SMARTS) is 1. The number of hydrogen-bond acceptors (Lipinski definition) is 6. The first-order valence-electron chi connectivity index (χ1n) is 6.23. The highest BCUT2D eigenvalue weighted by atomic mass is 35.5. The molecule has 1 N–H and O–H groups in total. The number of thioether (sulfide) groups is 2. The standard InChI is InChI=1S/C12H14ClN3O3S2/c1-3-8-16(7(5-21-8)11(18)19)10(17)9-6(13)4-14-12(15-9)20-2/h4,7-8H,3,5H2,1-2H3,(H,18,19). The van der Waals surface area contributed by atoms with Gasteiger partial charge in [0.2, 0.25) is 0 Å². The van der Waals surface area contributed by atoms with Crippen LogP contribution in [0.4, 0.5) is 0 Å². The number of carbonyl (C=O) groups excluding carboxylic acids is 1. The highest BCUT2D eigenvalue weighted by Gasteiger charge is 2.42. The number of amides is 1. The van der Waals surface area contributed by atoms with Crippen LogP contribution in [0, 0.1) is 0 Å². The summed E-state index contributed by atoms with van der Waals surface area (Å²) in [4.78, 5) is 33.5. The van der Waals surface area contributed by atoms with E-state index in [2.05, 4.69) is 9.97 Å². The van der Waals surface area contributed by atoms with Crippen molar-refractivity contribution in [3.05, 3.63) is 16.9 Å². The van der Waals surface area contributed by atoms with Crippen LogP contribution in [0.15, 0.2) is 11.4 Å². The first-order chi connectivity index (χ1) is 9.99. The van der Waals surface area contributed by atoms with E-state index in [1.807, 2.05) is 6.92 Å². The normalized spacial score (nSPS) is 21.6. The smallest absolute Gasteiger partial charge is 0.327 e. The maximum Gasteiger partial charge on any atom is 0.327 e. The van der Waals surface area contributed by atoms with E-state index in [9.17, 15) is 14.7 Å². The topological polar surface area (TPSA) is 83.4 Å². The molecular weight excluding hydrogens is 334 g/mol. The zero-order valence-electron chi connectivity index (χ0n) is 11.4. The van der Waals surface area contributed by atoms with Crippen LogP contribution in [-0.2, 0) is 4.79 Å². The van der Waals surface area contributed by atoms with Crippen molar-refractivity contribution in [2.75, 3.05) is 12.0 Å². The van der Waals surface area contributed by atoms with Crippen molar-refractivity contribution in [2.24, 2.45) is 0 Å². The van der Waals surface area contributed by atoms with E-state index < -0.39 is 17.9 Å². The maximum absolute atomic E-state index is 12.7. The SMILES string of the molecule is CCC1SCC(C(=O)O)N1C(=O)c1nc(SC)ncc1Cl. The van der Waals surface area contributed by atoms with E-state index in [-0.39, 0.29) is 16.1 Å². The maximum atomic E-state index is 12.7. The van der Waals surface area contributed by atoms with Crippen LogP contribution < -0.4 is 0 Å². The van der Waals surface area contributed by atoms with Gasteiger partial charge in [0, 0.05) is 5.75 Å². The number of hydrogen-bond donors (Lipinski definition) is 1. The molecule has 0 aromatic carbocycles. The van der Waals surface area contributed by atoms with Gasteiger partial charge in [0.15, 0.2) is 10.9 Å². The Morgan fingerprint density at radius 2 is 2.33 bits per heavy atom. The molecule has 0 spiro atoms. The van der Waals surface area contributed by atoms with E-state index in [0.29, 0.717) is 17.3 Å². The minimum Gasteiger partial charge on any atom is -0.480 e. The van der Waals surface area contributed by atoms with Crippen molar-refractivity contribution in [3.8, 4) is 0 Å². The second-order valence-corrected chi connectivity index (χ2v) is 6.71. The van der Waals surface area contributed by atoms with Gasteiger partial charge in [0.25, 0.3) is 5.91 Å². The highest BCUT2D eigenvalue weighted by Crippen LogP contribution is 2.33. The summed E-state index contributed by atoms with van der Waals surface area (Å²) in [5.41, 5.74) is 0.0585. The molecule has 6 nitrogen and oxygen atoms in total. The molecule has 1 aliphatic heterocycles.